The van der Waals surface area contributed by atoms with Crippen LogP contribution in [0, 0.1) is 0 Å². The number of fused-ring (bicyclic) bond motifs is 1. The highest BCUT2D eigenvalue weighted by Crippen LogP contribution is 2.31. The quantitative estimate of drug-likeness (QED) is 0.591. The van der Waals surface area contributed by atoms with Crippen LogP contribution in [0.5, 0.6) is 0 Å². The number of hydrogen-bond donors (Lipinski definition) is 2. The van der Waals surface area contributed by atoms with Gasteiger partial charge in [0, 0.05) is 49.4 Å². The summed E-state index contributed by atoms with van der Waals surface area (Å²) in [5.74, 6) is 1.01. The van der Waals surface area contributed by atoms with Crippen LogP contribution >= 0.6 is 0 Å². The summed E-state index contributed by atoms with van der Waals surface area (Å²) in [6.45, 7) is 4.21. The van der Waals surface area contributed by atoms with Gasteiger partial charge in [-0.2, -0.15) is 4.98 Å². The van der Waals surface area contributed by atoms with Crippen molar-refractivity contribution in [2.45, 2.75) is 45.1 Å². The lowest BCUT2D eigenvalue weighted by atomic mass is 10.1. The monoisotopic (exact) mass is 463 g/mol. The zero-order valence-electron chi connectivity index (χ0n) is 19.3. The van der Waals surface area contributed by atoms with Gasteiger partial charge in [0.2, 0.25) is 5.95 Å². The molecule has 178 valence electrons. The minimum atomic E-state index is -0.878. The molecule has 3 aromatic rings. The van der Waals surface area contributed by atoms with Crippen LogP contribution in [0.4, 0.5) is 22.2 Å². The highest BCUT2D eigenvalue weighted by molar-refractivity contribution is 5.76. The SMILES string of the molecule is CCc1cc2cnc(Nc3ccc(N4CCN(C(=O)O)CC4)cn3)nc2n(C2CCCC2)c1=O. The molecule has 0 radical (unpaired) electrons. The van der Waals surface area contributed by atoms with Gasteiger partial charge in [0.05, 0.1) is 11.9 Å². The molecule has 10 heteroatoms. The molecule has 1 saturated carbocycles. The number of carbonyl (C=O) groups is 1. The van der Waals surface area contributed by atoms with Crippen molar-refractivity contribution in [3.05, 3.63) is 46.5 Å². The van der Waals surface area contributed by atoms with Crippen LogP contribution in [0.3, 0.4) is 0 Å². The van der Waals surface area contributed by atoms with Crippen LogP contribution < -0.4 is 15.8 Å². The summed E-state index contributed by atoms with van der Waals surface area (Å²) in [5.41, 5.74) is 2.46. The first kappa shape index (κ1) is 22.1. The minimum absolute atomic E-state index is 0.0528. The van der Waals surface area contributed by atoms with Crippen molar-refractivity contribution in [2.24, 2.45) is 0 Å². The molecule has 1 aliphatic heterocycles. The van der Waals surface area contributed by atoms with E-state index in [1.165, 1.54) is 4.90 Å². The molecule has 2 N–H and O–H groups in total. The van der Waals surface area contributed by atoms with Gasteiger partial charge in [-0.25, -0.2) is 14.8 Å². The second kappa shape index (κ2) is 9.28. The van der Waals surface area contributed by atoms with Gasteiger partial charge in [-0.15, -0.1) is 0 Å². The topological polar surface area (TPSA) is 116 Å². The first-order valence-electron chi connectivity index (χ1n) is 11.9. The third kappa shape index (κ3) is 4.27. The minimum Gasteiger partial charge on any atom is -0.465 e. The van der Waals surface area contributed by atoms with E-state index in [9.17, 15) is 9.59 Å². The van der Waals surface area contributed by atoms with Crippen LogP contribution in [0.25, 0.3) is 11.0 Å². The molecule has 1 saturated heterocycles. The van der Waals surface area contributed by atoms with E-state index in [1.807, 2.05) is 29.7 Å². The van der Waals surface area contributed by atoms with Gasteiger partial charge >= 0.3 is 6.09 Å². The van der Waals surface area contributed by atoms with Crippen molar-refractivity contribution in [1.29, 1.82) is 0 Å². The summed E-state index contributed by atoms with van der Waals surface area (Å²) < 4.78 is 1.88. The zero-order valence-corrected chi connectivity index (χ0v) is 19.3. The lowest BCUT2D eigenvalue weighted by molar-refractivity contribution is 0.142. The smallest absolute Gasteiger partial charge is 0.407 e. The lowest BCUT2D eigenvalue weighted by Crippen LogP contribution is -2.48. The Bertz CT molecular complexity index is 1240. The Kier molecular flexibility index (Phi) is 6.04. The zero-order chi connectivity index (χ0) is 23.7. The van der Waals surface area contributed by atoms with E-state index in [-0.39, 0.29) is 11.6 Å². The van der Waals surface area contributed by atoms with E-state index in [0.717, 1.165) is 42.3 Å². The standard InChI is InChI=1S/C24H29N7O3/c1-2-16-13-17-14-26-23(28-21(17)31(22(16)32)18-5-3-4-6-18)27-20-8-7-19(15-25-20)29-9-11-30(12-10-29)24(33)34/h7-8,13-15,18H,2-6,9-12H2,1H3,(H,33,34)(H,25,26,27,28). The number of aryl methyl sites for hydroxylation is 1. The van der Waals surface area contributed by atoms with Crippen molar-refractivity contribution in [3.8, 4) is 0 Å². The van der Waals surface area contributed by atoms with Crippen LogP contribution in [0.2, 0.25) is 0 Å². The Labute approximate surface area is 197 Å². The average Bonchev–Trinajstić information content (AvgIpc) is 3.39. The summed E-state index contributed by atoms with van der Waals surface area (Å²) in [6, 6.07) is 5.90. The molecule has 0 atom stereocenters. The van der Waals surface area contributed by atoms with Crippen molar-refractivity contribution >= 4 is 34.6 Å². The Balaban J connectivity index is 1.37. The fraction of sp³-hybridized carbons (Fsp3) is 0.458. The summed E-state index contributed by atoms with van der Waals surface area (Å²) in [5, 5.41) is 13.1. The molecule has 2 fully saturated rings. The second-order valence-corrected chi connectivity index (χ2v) is 8.89. The first-order valence-corrected chi connectivity index (χ1v) is 11.9. The van der Waals surface area contributed by atoms with Gasteiger partial charge < -0.3 is 20.2 Å². The van der Waals surface area contributed by atoms with Crippen LogP contribution in [-0.2, 0) is 6.42 Å². The van der Waals surface area contributed by atoms with Crippen molar-refractivity contribution in [2.75, 3.05) is 36.4 Å². The number of rotatable bonds is 5. The first-order chi connectivity index (χ1) is 16.5. The van der Waals surface area contributed by atoms with E-state index in [0.29, 0.717) is 50.0 Å². The summed E-state index contributed by atoms with van der Waals surface area (Å²) in [7, 11) is 0. The van der Waals surface area contributed by atoms with Crippen molar-refractivity contribution in [3.63, 3.8) is 0 Å². The number of anilines is 3. The molecule has 1 aliphatic carbocycles. The van der Waals surface area contributed by atoms with E-state index < -0.39 is 6.09 Å². The number of nitrogens with one attached hydrogen (secondary N) is 1. The Morgan fingerprint density at radius 2 is 1.88 bits per heavy atom. The summed E-state index contributed by atoms with van der Waals surface area (Å²) >= 11 is 0. The summed E-state index contributed by atoms with van der Waals surface area (Å²) in [6.07, 6.45) is 7.60. The van der Waals surface area contributed by atoms with E-state index in [1.54, 1.807) is 12.4 Å². The van der Waals surface area contributed by atoms with Gasteiger partial charge in [0.1, 0.15) is 11.5 Å². The molecule has 1 amide bonds. The highest BCUT2D eigenvalue weighted by atomic mass is 16.4. The third-order valence-corrected chi connectivity index (χ3v) is 6.82. The molecule has 0 bridgehead atoms. The predicted octanol–water partition coefficient (Wildman–Crippen LogP) is 3.41. The van der Waals surface area contributed by atoms with Crippen LogP contribution in [-0.4, -0.2) is 61.8 Å². The van der Waals surface area contributed by atoms with Gasteiger partial charge in [0.25, 0.3) is 5.56 Å². The van der Waals surface area contributed by atoms with E-state index in [4.69, 9.17) is 10.1 Å². The van der Waals surface area contributed by atoms with E-state index in [2.05, 4.69) is 20.2 Å². The second-order valence-electron chi connectivity index (χ2n) is 8.89. The maximum atomic E-state index is 13.1. The van der Waals surface area contributed by atoms with Gasteiger partial charge in [-0.3, -0.25) is 9.36 Å². The molecule has 0 unspecified atom stereocenters. The molecule has 2 aliphatic rings. The average molecular weight is 464 g/mol. The number of nitrogens with zero attached hydrogens (tertiary/aromatic N) is 6. The predicted molar refractivity (Wildman–Crippen MR) is 130 cm³/mol. The van der Waals surface area contributed by atoms with Crippen molar-refractivity contribution in [1.82, 2.24) is 24.4 Å². The molecular weight excluding hydrogens is 434 g/mol. The largest absolute Gasteiger partial charge is 0.465 e. The third-order valence-electron chi connectivity index (χ3n) is 6.82. The Morgan fingerprint density at radius 1 is 1.12 bits per heavy atom. The van der Waals surface area contributed by atoms with Gasteiger partial charge in [-0.1, -0.05) is 19.8 Å². The number of carboxylic acid groups (broad SMARTS) is 1. The molecule has 4 heterocycles. The number of hydrogen-bond acceptors (Lipinski definition) is 7. The van der Waals surface area contributed by atoms with Gasteiger partial charge in [-0.05, 0) is 37.5 Å². The number of aromatic nitrogens is 4. The highest BCUT2D eigenvalue weighted by Gasteiger charge is 2.23. The summed E-state index contributed by atoms with van der Waals surface area (Å²) in [4.78, 5) is 41.5. The number of pyridine rings is 2. The lowest BCUT2D eigenvalue weighted by Gasteiger charge is -2.34. The molecule has 3 aromatic heterocycles. The number of amides is 1. The van der Waals surface area contributed by atoms with Gasteiger partial charge in [0.15, 0.2) is 0 Å². The molecule has 34 heavy (non-hydrogen) atoms. The Hall–Kier alpha value is -3.69. The Morgan fingerprint density at radius 3 is 2.53 bits per heavy atom. The molecule has 0 spiro atoms. The fourth-order valence-corrected chi connectivity index (χ4v) is 4.91. The van der Waals surface area contributed by atoms with E-state index >= 15 is 0 Å². The fourth-order valence-electron chi connectivity index (χ4n) is 4.91. The molecule has 5 rings (SSSR count). The van der Waals surface area contributed by atoms with Crippen molar-refractivity contribution < 1.29 is 9.90 Å². The maximum absolute atomic E-state index is 13.1. The molecule has 0 aromatic carbocycles. The molecule has 10 nitrogen and oxygen atoms in total. The van der Waals surface area contributed by atoms with Crippen LogP contribution in [0.15, 0.2) is 35.4 Å². The normalized spacial score (nSPS) is 16.9. The maximum Gasteiger partial charge on any atom is 0.407 e. The van der Waals surface area contributed by atoms with Crippen LogP contribution in [0.1, 0.15) is 44.2 Å². The molecular formula is C24H29N7O3. The number of piperazine rings is 1.